The maximum atomic E-state index is 11.6. The molecule has 0 spiro atoms. The van der Waals surface area contributed by atoms with E-state index in [0.29, 0.717) is 32.2 Å². The smallest absolute Gasteiger partial charge is 0.309 e. The van der Waals surface area contributed by atoms with E-state index >= 15 is 0 Å². The second kappa shape index (κ2) is 13.2. The van der Waals surface area contributed by atoms with Gasteiger partial charge in [-0.1, -0.05) is 17.7 Å². The minimum Gasteiger partial charge on any atom is -0.496 e. The quantitative estimate of drug-likeness (QED) is 0.354. The van der Waals surface area contributed by atoms with E-state index in [4.69, 9.17) is 23.9 Å². The van der Waals surface area contributed by atoms with Gasteiger partial charge in [0.05, 0.1) is 24.8 Å². The second-order valence-corrected chi connectivity index (χ2v) is 12.6. The molecule has 1 aromatic heterocycles. The number of piperidine rings is 1. The summed E-state index contributed by atoms with van der Waals surface area (Å²) in [6, 6.07) is 11.2. The molecule has 0 bridgehead atoms. The number of fused-ring (bicyclic) bond motifs is 1. The Balaban J connectivity index is 1.17. The maximum absolute atomic E-state index is 11.6. The van der Waals surface area contributed by atoms with Crippen LogP contribution in [0.3, 0.4) is 0 Å². The van der Waals surface area contributed by atoms with E-state index in [0.717, 1.165) is 84.6 Å². The number of methoxy groups -OCH3 is 2. The first-order valence-electron chi connectivity index (χ1n) is 15.1. The zero-order chi connectivity index (χ0) is 29.9. The Hall–Kier alpha value is -3.18. The summed E-state index contributed by atoms with van der Waals surface area (Å²) in [6.07, 6.45) is 3.36. The van der Waals surface area contributed by atoms with Gasteiger partial charge in [0.15, 0.2) is 5.13 Å². The SMILES string of the molecule is COc1cc(COc2ccc(C)cc2-c2csc(N3CC[C@H](C(=O)O)[C@H](OC)C3)n2)cc2c1CN(C1CCOCC1)CC2. The lowest BCUT2D eigenvalue weighted by Gasteiger charge is -2.38. The van der Waals surface area contributed by atoms with Crippen LogP contribution >= 0.6 is 11.3 Å². The Morgan fingerprint density at radius 3 is 2.72 bits per heavy atom. The van der Waals surface area contributed by atoms with Gasteiger partial charge in [0.1, 0.15) is 18.1 Å². The molecule has 3 aliphatic rings. The lowest BCUT2D eigenvalue weighted by Crippen LogP contribution is -2.47. The fourth-order valence-electron chi connectivity index (χ4n) is 6.62. The molecule has 0 amide bonds. The first-order chi connectivity index (χ1) is 20.9. The molecule has 0 unspecified atom stereocenters. The van der Waals surface area contributed by atoms with Crippen molar-refractivity contribution in [2.75, 3.05) is 52.0 Å². The van der Waals surface area contributed by atoms with Gasteiger partial charge in [0, 0.05) is 69.1 Å². The number of aliphatic carboxylic acids is 1. The monoisotopic (exact) mass is 607 g/mol. The summed E-state index contributed by atoms with van der Waals surface area (Å²) in [6.45, 7) is 7.31. The molecule has 6 rings (SSSR count). The third kappa shape index (κ3) is 6.52. The number of nitrogens with zero attached hydrogens (tertiary/aromatic N) is 3. The van der Waals surface area contributed by atoms with Gasteiger partial charge in [-0.2, -0.15) is 0 Å². The number of hydrogen-bond donors (Lipinski definition) is 1. The van der Waals surface area contributed by atoms with Crippen LogP contribution in [0.4, 0.5) is 5.13 Å². The van der Waals surface area contributed by atoms with Crippen molar-refractivity contribution >= 4 is 22.4 Å². The number of carbonyl (C=O) groups is 1. The normalized spacial score (nSPS) is 21.4. The lowest BCUT2D eigenvalue weighted by molar-refractivity contribution is -0.147. The van der Waals surface area contributed by atoms with Gasteiger partial charge < -0.3 is 29.0 Å². The van der Waals surface area contributed by atoms with Crippen LogP contribution < -0.4 is 14.4 Å². The van der Waals surface area contributed by atoms with Crippen molar-refractivity contribution in [2.45, 2.75) is 57.9 Å². The Kier molecular flexibility index (Phi) is 9.18. The van der Waals surface area contributed by atoms with Crippen LogP contribution in [0.1, 0.15) is 41.5 Å². The van der Waals surface area contributed by atoms with E-state index in [9.17, 15) is 9.90 Å². The highest BCUT2D eigenvalue weighted by Crippen LogP contribution is 2.37. The van der Waals surface area contributed by atoms with Crippen molar-refractivity contribution in [3.63, 3.8) is 0 Å². The van der Waals surface area contributed by atoms with Crippen molar-refractivity contribution in [3.8, 4) is 22.8 Å². The number of carboxylic acids is 1. The lowest BCUT2D eigenvalue weighted by atomic mass is 9.94. The van der Waals surface area contributed by atoms with Crippen LogP contribution in [0, 0.1) is 12.8 Å². The Morgan fingerprint density at radius 2 is 1.95 bits per heavy atom. The molecule has 2 saturated heterocycles. The predicted molar refractivity (Wildman–Crippen MR) is 166 cm³/mol. The average molecular weight is 608 g/mol. The van der Waals surface area contributed by atoms with Crippen molar-refractivity contribution in [1.29, 1.82) is 0 Å². The van der Waals surface area contributed by atoms with Crippen LogP contribution in [-0.4, -0.2) is 80.2 Å². The van der Waals surface area contributed by atoms with Crippen LogP contribution in [0.2, 0.25) is 0 Å². The van der Waals surface area contributed by atoms with Gasteiger partial charge in [0.25, 0.3) is 0 Å². The fourth-order valence-corrected chi connectivity index (χ4v) is 7.48. The highest BCUT2D eigenvalue weighted by Gasteiger charge is 2.35. The largest absolute Gasteiger partial charge is 0.496 e. The van der Waals surface area contributed by atoms with Crippen LogP contribution in [0.15, 0.2) is 35.7 Å². The highest BCUT2D eigenvalue weighted by molar-refractivity contribution is 7.14. The first-order valence-corrected chi connectivity index (χ1v) is 16.0. The summed E-state index contributed by atoms with van der Waals surface area (Å²) < 4.78 is 23.4. The van der Waals surface area contributed by atoms with Crippen molar-refractivity contribution in [2.24, 2.45) is 5.92 Å². The summed E-state index contributed by atoms with van der Waals surface area (Å²) >= 11 is 1.56. The molecule has 2 aromatic carbocycles. The van der Waals surface area contributed by atoms with Gasteiger partial charge in [-0.3, -0.25) is 9.69 Å². The second-order valence-electron chi connectivity index (χ2n) is 11.8. The molecule has 2 atom stereocenters. The zero-order valence-electron chi connectivity index (χ0n) is 25.2. The van der Waals surface area contributed by atoms with E-state index in [2.05, 4.69) is 41.0 Å². The van der Waals surface area contributed by atoms with Crippen molar-refractivity contribution in [3.05, 3.63) is 58.0 Å². The summed E-state index contributed by atoms with van der Waals surface area (Å²) in [5.41, 5.74) is 6.65. The Bertz CT molecular complexity index is 1420. The molecule has 0 radical (unpaired) electrons. The van der Waals surface area contributed by atoms with Crippen LogP contribution in [0.25, 0.3) is 11.3 Å². The van der Waals surface area contributed by atoms with E-state index in [1.807, 2.05) is 11.4 Å². The fraction of sp³-hybridized carbons (Fsp3) is 0.515. The molecule has 230 valence electrons. The number of ether oxygens (including phenoxy) is 4. The highest BCUT2D eigenvalue weighted by atomic mass is 32.1. The third-order valence-corrected chi connectivity index (χ3v) is 9.97. The Labute approximate surface area is 257 Å². The minimum absolute atomic E-state index is 0.366. The zero-order valence-corrected chi connectivity index (χ0v) is 26.0. The molecule has 10 heteroatoms. The summed E-state index contributed by atoms with van der Waals surface area (Å²) in [7, 11) is 3.33. The predicted octanol–water partition coefficient (Wildman–Crippen LogP) is 5.17. The van der Waals surface area contributed by atoms with Gasteiger partial charge in [-0.15, -0.1) is 11.3 Å². The number of carboxylic acid groups (broad SMARTS) is 1. The molecule has 4 heterocycles. The molecule has 2 fully saturated rings. The molecule has 3 aliphatic heterocycles. The number of thiazole rings is 1. The minimum atomic E-state index is -0.804. The number of anilines is 1. The molecule has 3 aromatic rings. The van der Waals surface area contributed by atoms with Crippen LogP contribution in [-0.2, 0) is 33.8 Å². The first kappa shape index (κ1) is 29.9. The number of benzene rings is 2. The number of aromatic nitrogens is 1. The van der Waals surface area contributed by atoms with E-state index in [-0.39, 0.29) is 6.10 Å². The molecule has 0 aliphatic carbocycles. The van der Waals surface area contributed by atoms with Crippen molar-refractivity contribution < 1.29 is 28.8 Å². The van der Waals surface area contributed by atoms with E-state index in [1.54, 1.807) is 25.6 Å². The van der Waals surface area contributed by atoms with E-state index < -0.39 is 11.9 Å². The van der Waals surface area contributed by atoms with Gasteiger partial charge in [0.2, 0.25) is 0 Å². The maximum Gasteiger partial charge on any atom is 0.309 e. The summed E-state index contributed by atoms with van der Waals surface area (Å²) in [5.74, 6) is 0.415. The van der Waals surface area contributed by atoms with Crippen LogP contribution in [0.5, 0.6) is 11.5 Å². The number of hydrogen-bond acceptors (Lipinski definition) is 9. The summed E-state index contributed by atoms with van der Waals surface area (Å²) in [5, 5.41) is 12.5. The molecular weight excluding hydrogens is 566 g/mol. The number of rotatable bonds is 9. The molecule has 9 nitrogen and oxygen atoms in total. The van der Waals surface area contributed by atoms with Gasteiger partial charge in [-0.05, 0) is 61.9 Å². The molecular formula is C33H41N3O6S. The van der Waals surface area contributed by atoms with Gasteiger partial charge >= 0.3 is 5.97 Å². The molecule has 1 N–H and O–H groups in total. The number of aryl methyl sites for hydroxylation is 1. The van der Waals surface area contributed by atoms with E-state index in [1.165, 1.54) is 11.1 Å². The standard InChI is InChI=1S/C33H41N3O6S/c1-21-4-5-29(26(14-21)28-20-43-33(34-28)36-11-7-25(32(37)38)31(18-36)40-3)42-19-22-15-23-6-10-35(24-8-12-41-13-9-24)17-27(23)30(16-22)39-2/h4-5,14-16,20,24-25,31H,6-13,17-19H2,1-3H3,(H,37,38)/t25-,31+/m0/s1. The average Bonchev–Trinajstić information content (AvgIpc) is 3.54. The van der Waals surface area contributed by atoms with Gasteiger partial charge in [-0.25, -0.2) is 4.98 Å². The molecule has 43 heavy (non-hydrogen) atoms. The topological polar surface area (TPSA) is 93.6 Å². The van der Waals surface area contributed by atoms with Crippen molar-refractivity contribution in [1.82, 2.24) is 9.88 Å². The molecule has 0 saturated carbocycles. The summed E-state index contributed by atoms with van der Waals surface area (Å²) in [4.78, 5) is 21.3. The Morgan fingerprint density at radius 1 is 1.12 bits per heavy atom. The third-order valence-electron chi connectivity index (χ3n) is 9.06.